The molecule has 8 heteroatoms. The van der Waals surface area contributed by atoms with E-state index in [0.29, 0.717) is 5.56 Å². The van der Waals surface area contributed by atoms with Gasteiger partial charge in [-0.3, -0.25) is 9.59 Å². The molecule has 0 spiro atoms. The van der Waals surface area contributed by atoms with Gasteiger partial charge >= 0.3 is 0 Å². The number of para-hydroxylation sites is 1. The molecule has 2 N–H and O–H groups in total. The molecule has 0 aliphatic heterocycles. The van der Waals surface area contributed by atoms with Crippen LogP contribution in [0.5, 0.6) is 0 Å². The standard InChI is InChI=1S/C20H14F3N3O2/c21-13-9-7-12(8-10-13)11-24-19(27)16-5-2-6-17(25-16)20(28)26-18-14(22)3-1-4-15(18)23/h1-10H,11H2,(H,24,27)(H,26,28). The second-order valence-corrected chi connectivity index (χ2v) is 5.77. The maximum atomic E-state index is 13.7. The fraction of sp³-hybridized carbons (Fsp3) is 0.0500. The van der Waals surface area contributed by atoms with Crippen LogP contribution < -0.4 is 10.6 Å². The molecule has 2 aromatic carbocycles. The summed E-state index contributed by atoms with van der Waals surface area (Å²) in [6, 6.07) is 12.9. The first-order valence-electron chi connectivity index (χ1n) is 8.19. The minimum Gasteiger partial charge on any atom is -0.347 e. The predicted molar refractivity (Wildman–Crippen MR) is 96.1 cm³/mol. The maximum absolute atomic E-state index is 13.7. The van der Waals surface area contributed by atoms with Crippen LogP contribution in [0.1, 0.15) is 26.5 Å². The molecule has 1 aromatic heterocycles. The van der Waals surface area contributed by atoms with Crippen molar-refractivity contribution in [1.82, 2.24) is 10.3 Å². The third kappa shape index (κ3) is 4.53. The first-order valence-corrected chi connectivity index (χ1v) is 8.19. The number of hydrogen-bond donors (Lipinski definition) is 2. The highest BCUT2D eigenvalue weighted by Gasteiger charge is 2.16. The Morgan fingerprint density at radius 2 is 1.36 bits per heavy atom. The Hall–Kier alpha value is -3.68. The number of benzene rings is 2. The van der Waals surface area contributed by atoms with Crippen molar-refractivity contribution in [3.05, 3.63) is 95.1 Å². The average molecular weight is 385 g/mol. The average Bonchev–Trinajstić information content (AvgIpc) is 2.70. The fourth-order valence-corrected chi connectivity index (χ4v) is 2.36. The van der Waals surface area contributed by atoms with Crippen molar-refractivity contribution >= 4 is 17.5 Å². The molecule has 1 heterocycles. The molecule has 142 valence electrons. The number of nitrogens with zero attached hydrogens (tertiary/aromatic N) is 1. The number of hydrogen-bond acceptors (Lipinski definition) is 3. The molecular weight excluding hydrogens is 371 g/mol. The first-order chi connectivity index (χ1) is 13.4. The zero-order valence-corrected chi connectivity index (χ0v) is 14.4. The number of nitrogens with one attached hydrogen (secondary N) is 2. The Bertz CT molecular complexity index is 1000. The van der Waals surface area contributed by atoms with Gasteiger partial charge in [0.25, 0.3) is 11.8 Å². The molecule has 0 bridgehead atoms. The van der Waals surface area contributed by atoms with Gasteiger partial charge in [-0.25, -0.2) is 18.2 Å². The van der Waals surface area contributed by atoms with Crippen LogP contribution in [0.3, 0.4) is 0 Å². The molecule has 3 rings (SSSR count). The second kappa shape index (κ2) is 8.34. The van der Waals surface area contributed by atoms with E-state index in [2.05, 4.69) is 15.6 Å². The monoisotopic (exact) mass is 385 g/mol. The van der Waals surface area contributed by atoms with Crippen molar-refractivity contribution < 1.29 is 22.8 Å². The molecular formula is C20H14F3N3O2. The molecule has 28 heavy (non-hydrogen) atoms. The largest absolute Gasteiger partial charge is 0.347 e. The van der Waals surface area contributed by atoms with Gasteiger partial charge in [0.2, 0.25) is 0 Å². The summed E-state index contributed by atoms with van der Waals surface area (Å²) in [4.78, 5) is 28.4. The van der Waals surface area contributed by atoms with Gasteiger partial charge in [-0.15, -0.1) is 0 Å². The van der Waals surface area contributed by atoms with E-state index in [4.69, 9.17) is 0 Å². The number of pyridine rings is 1. The summed E-state index contributed by atoms with van der Waals surface area (Å²) >= 11 is 0. The van der Waals surface area contributed by atoms with E-state index < -0.39 is 29.1 Å². The van der Waals surface area contributed by atoms with Crippen LogP contribution in [-0.2, 0) is 6.54 Å². The van der Waals surface area contributed by atoms with Gasteiger partial charge < -0.3 is 10.6 Å². The normalized spacial score (nSPS) is 10.4. The lowest BCUT2D eigenvalue weighted by atomic mass is 10.2. The smallest absolute Gasteiger partial charge is 0.274 e. The Morgan fingerprint density at radius 3 is 2.00 bits per heavy atom. The summed E-state index contributed by atoms with van der Waals surface area (Å²) in [7, 11) is 0. The van der Waals surface area contributed by atoms with E-state index in [0.717, 1.165) is 12.1 Å². The summed E-state index contributed by atoms with van der Waals surface area (Å²) < 4.78 is 40.2. The molecule has 0 atom stereocenters. The first kappa shape index (κ1) is 19.1. The molecule has 0 saturated carbocycles. The van der Waals surface area contributed by atoms with Gasteiger partial charge in [-0.1, -0.05) is 24.3 Å². The van der Waals surface area contributed by atoms with Crippen LogP contribution in [0.2, 0.25) is 0 Å². The summed E-state index contributed by atoms with van der Waals surface area (Å²) in [5.74, 6) is -3.67. The highest BCUT2D eigenvalue weighted by atomic mass is 19.1. The van der Waals surface area contributed by atoms with Crippen molar-refractivity contribution in [3.8, 4) is 0 Å². The van der Waals surface area contributed by atoms with Crippen molar-refractivity contribution in [3.63, 3.8) is 0 Å². The van der Waals surface area contributed by atoms with Gasteiger partial charge in [0.15, 0.2) is 0 Å². The van der Waals surface area contributed by atoms with Crippen molar-refractivity contribution in [2.24, 2.45) is 0 Å². The summed E-state index contributed by atoms with van der Waals surface area (Å²) in [6.07, 6.45) is 0. The molecule has 0 fully saturated rings. The molecule has 0 radical (unpaired) electrons. The van der Waals surface area contributed by atoms with E-state index in [1.807, 2.05) is 0 Å². The Balaban J connectivity index is 1.69. The minimum absolute atomic E-state index is 0.0521. The number of rotatable bonds is 5. The number of carbonyl (C=O) groups is 2. The molecule has 0 saturated heterocycles. The van der Waals surface area contributed by atoms with Gasteiger partial charge in [0, 0.05) is 6.54 Å². The van der Waals surface area contributed by atoms with Crippen LogP contribution in [0, 0.1) is 17.5 Å². The number of anilines is 1. The molecule has 3 aromatic rings. The predicted octanol–water partition coefficient (Wildman–Crippen LogP) is 3.68. The van der Waals surface area contributed by atoms with Crippen LogP contribution in [-0.4, -0.2) is 16.8 Å². The molecule has 0 aliphatic rings. The molecule has 0 unspecified atom stereocenters. The number of aromatic nitrogens is 1. The third-order valence-corrected chi connectivity index (χ3v) is 3.78. The third-order valence-electron chi connectivity index (χ3n) is 3.78. The van der Waals surface area contributed by atoms with Gasteiger partial charge in [-0.05, 0) is 42.0 Å². The molecule has 0 aliphatic carbocycles. The Labute approximate surface area is 158 Å². The van der Waals surface area contributed by atoms with E-state index in [1.54, 1.807) is 0 Å². The highest BCUT2D eigenvalue weighted by Crippen LogP contribution is 2.18. The van der Waals surface area contributed by atoms with Crippen LogP contribution in [0.15, 0.2) is 60.7 Å². The zero-order chi connectivity index (χ0) is 20.1. The van der Waals surface area contributed by atoms with Crippen molar-refractivity contribution in [2.45, 2.75) is 6.54 Å². The van der Waals surface area contributed by atoms with E-state index in [1.165, 1.54) is 48.5 Å². The summed E-state index contributed by atoms with van der Waals surface area (Å²) in [6.45, 7) is 0.137. The lowest BCUT2D eigenvalue weighted by molar-refractivity contribution is 0.0945. The van der Waals surface area contributed by atoms with Crippen molar-refractivity contribution in [2.75, 3.05) is 5.32 Å². The van der Waals surface area contributed by atoms with E-state index >= 15 is 0 Å². The molecule has 5 nitrogen and oxygen atoms in total. The Kier molecular flexibility index (Phi) is 5.69. The van der Waals surface area contributed by atoms with Crippen LogP contribution >= 0.6 is 0 Å². The molecule has 2 amide bonds. The highest BCUT2D eigenvalue weighted by molar-refractivity contribution is 6.04. The maximum Gasteiger partial charge on any atom is 0.274 e. The topological polar surface area (TPSA) is 71.1 Å². The van der Waals surface area contributed by atoms with E-state index in [-0.39, 0.29) is 23.7 Å². The summed E-state index contributed by atoms with van der Waals surface area (Å²) in [5.41, 5.74) is -0.153. The van der Waals surface area contributed by atoms with Gasteiger partial charge in [0.05, 0.1) is 0 Å². The lowest BCUT2D eigenvalue weighted by Crippen LogP contribution is -2.25. The van der Waals surface area contributed by atoms with Crippen LogP contribution in [0.25, 0.3) is 0 Å². The van der Waals surface area contributed by atoms with Gasteiger partial charge in [-0.2, -0.15) is 0 Å². The van der Waals surface area contributed by atoms with E-state index in [9.17, 15) is 22.8 Å². The number of halogens is 3. The minimum atomic E-state index is -0.929. The van der Waals surface area contributed by atoms with Gasteiger partial charge in [0.1, 0.15) is 34.5 Å². The van der Waals surface area contributed by atoms with Crippen LogP contribution in [0.4, 0.5) is 18.9 Å². The Morgan fingerprint density at radius 1 is 0.786 bits per heavy atom. The lowest BCUT2D eigenvalue weighted by Gasteiger charge is -2.08. The zero-order valence-electron chi connectivity index (χ0n) is 14.4. The SMILES string of the molecule is O=C(NCc1ccc(F)cc1)c1cccc(C(=O)Nc2c(F)cccc2F)n1. The summed E-state index contributed by atoms with van der Waals surface area (Å²) in [5, 5.41) is 4.70. The quantitative estimate of drug-likeness (QED) is 0.704. The number of carbonyl (C=O) groups excluding carboxylic acids is 2. The van der Waals surface area contributed by atoms with Crippen molar-refractivity contribution in [1.29, 1.82) is 0 Å². The second-order valence-electron chi connectivity index (χ2n) is 5.77. The fourth-order valence-electron chi connectivity index (χ4n) is 2.36. The number of amides is 2.